The van der Waals surface area contributed by atoms with Crippen LogP contribution in [0.25, 0.3) is 0 Å². The van der Waals surface area contributed by atoms with E-state index < -0.39 is 20.0 Å². The minimum Gasteiger partial charge on any atom is -0.756 e. The van der Waals surface area contributed by atoms with E-state index in [1.54, 1.807) is 0 Å². The number of rotatable bonds is 62. The molecule has 1 amide bonds. The van der Waals surface area contributed by atoms with Crippen LogP contribution >= 0.6 is 7.82 Å². The first-order chi connectivity index (χ1) is 37.9. The minimum absolute atomic E-state index is 0.0190. The quantitative estimate of drug-likeness (QED) is 0.0212. The lowest BCUT2D eigenvalue weighted by Gasteiger charge is -2.30. The monoisotopic (exact) mass is 1120 g/mol. The van der Waals surface area contributed by atoms with E-state index in [0.717, 1.165) is 64.2 Å². The number of likely N-dealkylation sites (N-methyl/N-ethyl adjacent to an activating group) is 1. The van der Waals surface area contributed by atoms with Gasteiger partial charge in [0, 0.05) is 12.8 Å². The van der Waals surface area contributed by atoms with Crippen LogP contribution in [0.5, 0.6) is 0 Å². The Morgan fingerprint density at radius 3 is 1.18 bits per heavy atom. The molecule has 0 spiro atoms. The summed E-state index contributed by atoms with van der Waals surface area (Å²) in [5, 5.41) is 3.04. The highest BCUT2D eigenvalue weighted by atomic mass is 31.2. The summed E-state index contributed by atoms with van der Waals surface area (Å²) in [6, 6.07) is -0.883. The number of nitrogens with one attached hydrogen (secondary N) is 1. The number of phosphoric ester groups is 1. The molecule has 3 unspecified atom stereocenters. The maximum Gasteiger partial charge on any atom is 0.306 e. The molecular weight excluding hydrogens is 988 g/mol. The van der Waals surface area contributed by atoms with Gasteiger partial charge in [-0.3, -0.25) is 14.2 Å². The van der Waals surface area contributed by atoms with Gasteiger partial charge in [-0.05, 0) is 63.9 Å². The number of carbonyl (C=O) groups excluding carboxylic acids is 2. The van der Waals surface area contributed by atoms with Crippen LogP contribution in [0.3, 0.4) is 0 Å². The topological polar surface area (TPSA) is 114 Å². The van der Waals surface area contributed by atoms with E-state index in [-0.39, 0.29) is 31.5 Å². The second-order valence-corrected chi connectivity index (χ2v) is 25.7. The molecule has 9 nitrogen and oxygen atoms in total. The van der Waals surface area contributed by atoms with Crippen molar-refractivity contribution in [3.63, 3.8) is 0 Å². The molecule has 0 aromatic carbocycles. The molecule has 0 fully saturated rings. The van der Waals surface area contributed by atoms with Gasteiger partial charge in [-0.1, -0.05) is 295 Å². The van der Waals surface area contributed by atoms with Crippen molar-refractivity contribution in [1.82, 2.24) is 5.32 Å². The molecule has 0 aromatic rings. The van der Waals surface area contributed by atoms with Crippen LogP contribution in [0.4, 0.5) is 0 Å². The van der Waals surface area contributed by atoms with Gasteiger partial charge in [0.15, 0.2) is 0 Å². The third kappa shape index (κ3) is 58.9. The molecular formula is C68H131N2O7P. The van der Waals surface area contributed by atoms with Gasteiger partial charge in [0.25, 0.3) is 7.82 Å². The normalized spacial score (nSPS) is 13.8. The molecule has 0 aromatic heterocycles. The summed E-state index contributed by atoms with van der Waals surface area (Å²) in [5.41, 5.74) is 0. The number of hydrogen-bond acceptors (Lipinski definition) is 7. The molecule has 78 heavy (non-hydrogen) atoms. The smallest absolute Gasteiger partial charge is 0.306 e. The van der Waals surface area contributed by atoms with Crippen LogP contribution in [-0.2, 0) is 27.9 Å². The standard InChI is InChI=1S/C68H131N2O7P/c1-7-10-13-16-19-22-25-28-30-31-32-33-34-35-36-37-38-39-40-43-46-49-52-55-58-61-68(72)77-66(59-56-53-50-47-44-41-27-24-21-18-15-12-9-3)65(64-76-78(73,74)75-63-62-70(4,5)6)69-67(71)60-57-54-51-48-45-42-29-26-23-20-17-14-11-8-2/h19,22,28,30,56,59,65-66H,7-18,20-21,23-27,29,31-55,57-58,60-64H2,1-6H3,(H-,69,71,73,74)/b22-19-,30-28-,59-56-. The van der Waals surface area contributed by atoms with Gasteiger partial charge >= 0.3 is 5.97 Å². The van der Waals surface area contributed by atoms with Crippen molar-refractivity contribution < 1.29 is 37.3 Å². The lowest BCUT2D eigenvalue weighted by Crippen LogP contribution is -2.47. The number of carbonyl (C=O) groups is 2. The predicted octanol–water partition coefficient (Wildman–Crippen LogP) is 20.4. The lowest BCUT2D eigenvalue weighted by molar-refractivity contribution is -0.870. The molecule has 3 atom stereocenters. The lowest BCUT2D eigenvalue weighted by atomic mass is 10.0. The Bertz CT molecular complexity index is 1430. The van der Waals surface area contributed by atoms with Crippen LogP contribution in [0, 0.1) is 0 Å². The van der Waals surface area contributed by atoms with Gasteiger partial charge in [-0.2, -0.15) is 0 Å². The summed E-state index contributed by atoms with van der Waals surface area (Å²) in [5.74, 6) is -0.523. The highest BCUT2D eigenvalue weighted by Gasteiger charge is 2.27. The maximum atomic E-state index is 13.5. The molecule has 0 bridgehead atoms. The van der Waals surface area contributed by atoms with Crippen molar-refractivity contribution in [3.8, 4) is 0 Å². The fraction of sp³-hybridized carbons (Fsp3) is 0.882. The Kier molecular flexibility index (Phi) is 57.1. The second-order valence-electron chi connectivity index (χ2n) is 24.3. The highest BCUT2D eigenvalue weighted by molar-refractivity contribution is 7.45. The first-order valence-corrected chi connectivity index (χ1v) is 35.3. The molecule has 0 radical (unpaired) electrons. The van der Waals surface area contributed by atoms with Crippen molar-refractivity contribution in [3.05, 3.63) is 36.5 Å². The number of nitrogens with zero attached hydrogens (tertiary/aromatic N) is 1. The summed E-state index contributed by atoms with van der Waals surface area (Å²) < 4.78 is 30.4. The van der Waals surface area contributed by atoms with Gasteiger partial charge in [-0.25, -0.2) is 0 Å². The number of esters is 1. The zero-order chi connectivity index (χ0) is 57.2. The Morgan fingerprint density at radius 1 is 0.449 bits per heavy atom. The fourth-order valence-corrected chi connectivity index (χ4v) is 10.8. The Hall–Kier alpha value is -1.77. The highest BCUT2D eigenvalue weighted by Crippen LogP contribution is 2.38. The summed E-state index contributed by atoms with van der Waals surface area (Å²) in [6.45, 7) is 6.87. The molecule has 0 saturated carbocycles. The van der Waals surface area contributed by atoms with E-state index in [1.807, 2.05) is 33.3 Å². The fourth-order valence-electron chi connectivity index (χ4n) is 10.1. The predicted molar refractivity (Wildman–Crippen MR) is 335 cm³/mol. The maximum absolute atomic E-state index is 13.5. The number of amides is 1. The third-order valence-electron chi connectivity index (χ3n) is 15.3. The molecule has 10 heteroatoms. The van der Waals surface area contributed by atoms with Gasteiger partial charge in [0.2, 0.25) is 5.91 Å². The van der Waals surface area contributed by atoms with Gasteiger partial charge in [0.1, 0.15) is 19.3 Å². The van der Waals surface area contributed by atoms with Crippen LogP contribution < -0.4 is 10.2 Å². The van der Waals surface area contributed by atoms with E-state index in [1.165, 1.54) is 238 Å². The average molecular weight is 1120 g/mol. The van der Waals surface area contributed by atoms with E-state index in [9.17, 15) is 19.0 Å². The summed E-state index contributed by atoms with van der Waals surface area (Å²) in [7, 11) is 1.20. The number of allylic oxidation sites excluding steroid dienone is 5. The minimum atomic E-state index is -4.70. The molecule has 0 rings (SSSR count). The van der Waals surface area contributed by atoms with E-state index >= 15 is 0 Å². The molecule has 0 aliphatic carbocycles. The molecule has 0 aliphatic heterocycles. The Balaban J connectivity index is 5.06. The number of quaternary nitrogens is 1. The molecule has 0 aliphatic rings. The largest absolute Gasteiger partial charge is 0.756 e. The van der Waals surface area contributed by atoms with E-state index in [4.69, 9.17) is 13.8 Å². The van der Waals surface area contributed by atoms with Gasteiger partial charge in [-0.15, -0.1) is 0 Å². The molecule has 0 heterocycles. The molecule has 0 saturated heterocycles. The van der Waals surface area contributed by atoms with E-state index in [2.05, 4.69) is 50.4 Å². The molecule has 460 valence electrons. The van der Waals surface area contributed by atoms with Crippen LogP contribution in [0.15, 0.2) is 36.5 Å². The van der Waals surface area contributed by atoms with Crippen molar-refractivity contribution in [2.75, 3.05) is 40.9 Å². The number of unbranched alkanes of at least 4 members (excludes halogenated alkanes) is 42. The van der Waals surface area contributed by atoms with Crippen molar-refractivity contribution in [2.24, 2.45) is 0 Å². The zero-order valence-corrected chi connectivity index (χ0v) is 53.5. The molecule has 1 N–H and O–H groups in total. The van der Waals surface area contributed by atoms with Crippen LogP contribution in [-0.4, -0.2) is 69.4 Å². The second kappa shape index (κ2) is 58.4. The average Bonchev–Trinajstić information content (AvgIpc) is 3.40. The van der Waals surface area contributed by atoms with Crippen LogP contribution in [0.1, 0.15) is 335 Å². The summed E-state index contributed by atoms with van der Waals surface area (Å²) >= 11 is 0. The number of phosphoric acid groups is 1. The SMILES string of the molecule is CCCCC/C=C\C/C=C\CCCCCCCCCCCCCCCCCC(=O)OC(/C=C\CCCCCCCCCCCCC)C(COP(=O)([O-])OCC[N+](C)(C)C)NC(=O)CCCCCCCCCCCCCCCC. The third-order valence-corrected chi connectivity index (χ3v) is 16.3. The van der Waals surface area contributed by atoms with Crippen molar-refractivity contribution in [2.45, 2.75) is 348 Å². The summed E-state index contributed by atoms with van der Waals surface area (Å²) in [4.78, 5) is 40.1. The van der Waals surface area contributed by atoms with Crippen molar-refractivity contribution >= 4 is 19.7 Å². The van der Waals surface area contributed by atoms with Gasteiger partial charge < -0.3 is 28.5 Å². The Morgan fingerprint density at radius 2 is 0.782 bits per heavy atom. The first kappa shape index (κ1) is 76.2. The number of ether oxygens (including phenoxy) is 1. The Labute approximate surface area is 485 Å². The van der Waals surface area contributed by atoms with E-state index in [0.29, 0.717) is 17.4 Å². The number of hydrogen-bond donors (Lipinski definition) is 1. The summed E-state index contributed by atoms with van der Waals surface area (Å²) in [6.07, 6.45) is 71.1. The first-order valence-electron chi connectivity index (χ1n) is 33.8. The van der Waals surface area contributed by atoms with Crippen molar-refractivity contribution in [1.29, 1.82) is 0 Å². The zero-order valence-electron chi connectivity index (χ0n) is 52.6. The van der Waals surface area contributed by atoms with Gasteiger partial charge in [0.05, 0.1) is 33.8 Å². The van der Waals surface area contributed by atoms with Crippen LogP contribution in [0.2, 0.25) is 0 Å².